The molecule has 6 heteroatoms. The van der Waals surface area contributed by atoms with Gasteiger partial charge in [-0.05, 0) is 43.3 Å². The molecule has 0 saturated carbocycles. The zero-order chi connectivity index (χ0) is 15.9. The fourth-order valence-corrected chi connectivity index (χ4v) is 2.35. The van der Waals surface area contributed by atoms with Crippen LogP contribution in [-0.2, 0) is 0 Å². The van der Waals surface area contributed by atoms with Crippen molar-refractivity contribution in [2.75, 3.05) is 0 Å². The fraction of sp³-hybridized carbons (Fsp3) is 0.125. The predicted molar refractivity (Wildman–Crippen MR) is 79.9 cm³/mol. The van der Waals surface area contributed by atoms with Crippen molar-refractivity contribution in [1.82, 2.24) is 9.55 Å². The highest BCUT2D eigenvalue weighted by Gasteiger charge is 2.16. The minimum absolute atomic E-state index is 0.119. The molecule has 0 bridgehead atoms. The lowest BCUT2D eigenvalue weighted by Gasteiger charge is -2.16. The van der Waals surface area contributed by atoms with Gasteiger partial charge >= 0.3 is 0 Å². The van der Waals surface area contributed by atoms with Crippen molar-refractivity contribution in [3.8, 4) is 5.69 Å². The second-order valence-electron chi connectivity index (χ2n) is 5.04. The van der Waals surface area contributed by atoms with E-state index in [1.165, 1.54) is 34.9 Å². The van der Waals surface area contributed by atoms with Crippen LogP contribution in [0.15, 0.2) is 47.3 Å². The van der Waals surface area contributed by atoms with E-state index in [1.807, 2.05) is 0 Å². The second-order valence-corrected chi connectivity index (χ2v) is 5.04. The molecule has 0 spiro atoms. The van der Waals surface area contributed by atoms with E-state index in [0.717, 1.165) is 6.07 Å². The minimum Gasteiger partial charge on any atom is -0.322 e. The molecule has 2 N–H and O–H groups in total. The van der Waals surface area contributed by atoms with E-state index in [0.29, 0.717) is 11.2 Å². The van der Waals surface area contributed by atoms with Crippen molar-refractivity contribution in [3.05, 3.63) is 70.3 Å². The third kappa shape index (κ3) is 2.37. The maximum Gasteiger partial charge on any atom is 0.266 e. The molecule has 3 aromatic rings. The Hall–Kier alpha value is -2.60. The van der Waals surface area contributed by atoms with Crippen LogP contribution < -0.4 is 11.3 Å². The first-order chi connectivity index (χ1) is 10.5. The molecule has 0 aliphatic rings. The van der Waals surface area contributed by atoms with Crippen molar-refractivity contribution >= 4 is 10.9 Å². The van der Waals surface area contributed by atoms with Gasteiger partial charge in [-0.25, -0.2) is 13.8 Å². The van der Waals surface area contributed by atoms with E-state index in [-0.39, 0.29) is 11.2 Å². The Balaban J connectivity index is 2.43. The highest BCUT2D eigenvalue weighted by molar-refractivity contribution is 5.78. The topological polar surface area (TPSA) is 60.9 Å². The lowest BCUT2D eigenvalue weighted by atomic mass is 10.2. The van der Waals surface area contributed by atoms with Crippen LogP contribution in [0.25, 0.3) is 16.6 Å². The molecule has 2 aromatic carbocycles. The Morgan fingerprint density at radius 2 is 1.86 bits per heavy atom. The molecule has 0 amide bonds. The summed E-state index contributed by atoms with van der Waals surface area (Å²) in [5, 5.41) is 0.119. The van der Waals surface area contributed by atoms with Gasteiger partial charge in [0.1, 0.15) is 17.5 Å². The van der Waals surface area contributed by atoms with Crippen LogP contribution in [0, 0.1) is 11.6 Å². The Morgan fingerprint density at radius 1 is 1.14 bits per heavy atom. The first kappa shape index (κ1) is 14.3. The number of benzene rings is 2. The highest BCUT2D eigenvalue weighted by Crippen LogP contribution is 2.18. The van der Waals surface area contributed by atoms with Gasteiger partial charge < -0.3 is 5.73 Å². The van der Waals surface area contributed by atoms with Gasteiger partial charge in [0.15, 0.2) is 0 Å². The molecule has 1 unspecified atom stereocenters. The van der Waals surface area contributed by atoms with E-state index >= 15 is 0 Å². The number of nitrogens with zero attached hydrogens (tertiary/aromatic N) is 2. The minimum atomic E-state index is -0.551. The molecule has 22 heavy (non-hydrogen) atoms. The number of nitrogens with two attached hydrogens (primary N) is 1. The lowest BCUT2D eigenvalue weighted by Crippen LogP contribution is -2.27. The second kappa shape index (κ2) is 5.31. The highest BCUT2D eigenvalue weighted by atomic mass is 19.1. The van der Waals surface area contributed by atoms with E-state index < -0.39 is 23.2 Å². The van der Waals surface area contributed by atoms with Gasteiger partial charge in [0.2, 0.25) is 0 Å². The molecule has 112 valence electrons. The Bertz CT molecular complexity index is 919. The van der Waals surface area contributed by atoms with Crippen molar-refractivity contribution in [2.45, 2.75) is 13.0 Å². The average Bonchev–Trinajstić information content (AvgIpc) is 2.47. The summed E-state index contributed by atoms with van der Waals surface area (Å²) >= 11 is 0. The van der Waals surface area contributed by atoms with E-state index in [4.69, 9.17) is 5.73 Å². The maximum absolute atomic E-state index is 13.5. The Kier molecular flexibility index (Phi) is 3.46. The monoisotopic (exact) mass is 301 g/mol. The lowest BCUT2D eigenvalue weighted by molar-refractivity contribution is 0.622. The Morgan fingerprint density at radius 3 is 2.55 bits per heavy atom. The van der Waals surface area contributed by atoms with Gasteiger partial charge in [-0.2, -0.15) is 0 Å². The van der Waals surface area contributed by atoms with Crippen LogP contribution in [-0.4, -0.2) is 9.55 Å². The molecule has 0 fully saturated rings. The fourth-order valence-electron chi connectivity index (χ4n) is 2.35. The zero-order valence-electron chi connectivity index (χ0n) is 11.8. The van der Waals surface area contributed by atoms with Gasteiger partial charge in [-0.1, -0.05) is 6.07 Å². The SMILES string of the molecule is CC(N)c1nc2ccc(F)cc2c(=O)n1-c1cccc(F)c1. The molecule has 3 rings (SSSR count). The molecule has 0 aliphatic heterocycles. The number of rotatable bonds is 2. The third-order valence-corrected chi connectivity index (χ3v) is 3.33. The molecular formula is C16H13F2N3O. The number of aromatic nitrogens is 2. The van der Waals surface area contributed by atoms with Crippen LogP contribution in [0.5, 0.6) is 0 Å². The summed E-state index contributed by atoms with van der Waals surface area (Å²) in [5.41, 5.74) is 6.06. The van der Waals surface area contributed by atoms with Crippen LogP contribution >= 0.6 is 0 Å². The van der Waals surface area contributed by atoms with Crippen LogP contribution in [0.1, 0.15) is 18.8 Å². The van der Waals surface area contributed by atoms with Crippen molar-refractivity contribution < 1.29 is 8.78 Å². The zero-order valence-corrected chi connectivity index (χ0v) is 11.8. The number of halogens is 2. The van der Waals surface area contributed by atoms with Crippen LogP contribution in [0.4, 0.5) is 8.78 Å². The van der Waals surface area contributed by atoms with Crippen molar-refractivity contribution in [3.63, 3.8) is 0 Å². The van der Waals surface area contributed by atoms with Gasteiger partial charge in [-0.15, -0.1) is 0 Å². The summed E-state index contributed by atoms with van der Waals surface area (Å²) in [6.07, 6.45) is 0. The number of fused-ring (bicyclic) bond motifs is 1. The van der Waals surface area contributed by atoms with Gasteiger partial charge in [0, 0.05) is 0 Å². The molecule has 1 aromatic heterocycles. The summed E-state index contributed by atoms with van der Waals surface area (Å²) in [6.45, 7) is 1.67. The predicted octanol–water partition coefficient (Wildman–Crippen LogP) is 2.68. The summed E-state index contributed by atoms with van der Waals surface area (Å²) in [6, 6.07) is 8.76. The van der Waals surface area contributed by atoms with Crippen molar-refractivity contribution in [1.29, 1.82) is 0 Å². The molecule has 1 atom stereocenters. The van der Waals surface area contributed by atoms with E-state index in [1.54, 1.807) is 13.0 Å². The molecule has 0 saturated heterocycles. The van der Waals surface area contributed by atoms with E-state index in [9.17, 15) is 13.6 Å². The Labute approximate surface area is 124 Å². The summed E-state index contributed by atoms with van der Waals surface area (Å²) in [4.78, 5) is 17.0. The van der Waals surface area contributed by atoms with E-state index in [2.05, 4.69) is 4.98 Å². The smallest absolute Gasteiger partial charge is 0.266 e. The molecule has 0 aliphatic carbocycles. The number of hydrogen-bond acceptors (Lipinski definition) is 3. The normalized spacial score (nSPS) is 12.5. The first-order valence-corrected chi connectivity index (χ1v) is 6.71. The third-order valence-electron chi connectivity index (χ3n) is 3.33. The molecule has 4 nitrogen and oxygen atoms in total. The number of hydrogen-bond donors (Lipinski definition) is 1. The molecule has 0 radical (unpaired) electrons. The summed E-state index contributed by atoms with van der Waals surface area (Å²) in [7, 11) is 0. The summed E-state index contributed by atoms with van der Waals surface area (Å²) in [5.74, 6) is -0.736. The first-order valence-electron chi connectivity index (χ1n) is 6.71. The van der Waals surface area contributed by atoms with Crippen LogP contribution in [0.2, 0.25) is 0 Å². The largest absolute Gasteiger partial charge is 0.322 e. The molecular weight excluding hydrogens is 288 g/mol. The van der Waals surface area contributed by atoms with Crippen LogP contribution in [0.3, 0.4) is 0 Å². The van der Waals surface area contributed by atoms with Gasteiger partial charge in [0.25, 0.3) is 5.56 Å². The maximum atomic E-state index is 13.5. The quantitative estimate of drug-likeness (QED) is 0.791. The van der Waals surface area contributed by atoms with Gasteiger partial charge in [-0.3, -0.25) is 9.36 Å². The standard InChI is InChI=1S/C16H13F2N3O/c1-9(19)15-20-14-6-5-11(18)8-13(14)16(22)21(15)12-4-2-3-10(17)7-12/h2-9H,19H2,1H3. The van der Waals surface area contributed by atoms with Crippen molar-refractivity contribution in [2.24, 2.45) is 5.73 Å². The van der Waals surface area contributed by atoms with Gasteiger partial charge in [0.05, 0.1) is 22.6 Å². The average molecular weight is 301 g/mol. The summed E-state index contributed by atoms with van der Waals surface area (Å²) < 4.78 is 28.1. The molecule has 1 heterocycles.